The number of halogens is 2. The predicted octanol–water partition coefficient (Wildman–Crippen LogP) is 6.83. The molecular formula is C26H42F2O6P4Y4-8. The van der Waals surface area contributed by atoms with Gasteiger partial charge in [0.05, 0.1) is 26.9 Å². The number of rotatable bonds is 12. The Bertz CT molecular complexity index is 556. The summed E-state index contributed by atoms with van der Waals surface area (Å²) in [6.45, 7) is 47.9. The molecule has 0 spiro atoms. The minimum Gasteiger partial charge on any atom is -0.395 e. The van der Waals surface area contributed by atoms with Crippen molar-refractivity contribution in [3.63, 3.8) is 0 Å². The first-order valence-electron chi connectivity index (χ1n) is 9.91. The molecule has 0 rings (SSSR count). The zero-order valence-corrected chi connectivity index (χ0v) is 41.0. The van der Waals surface area contributed by atoms with Crippen LogP contribution in [0.4, 0.5) is 8.78 Å². The van der Waals surface area contributed by atoms with Crippen molar-refractivity contribution in [3.8, 4) is 0 Å². The second-order valence-corrected chi connectivity index (χ2v) is 5.20. The zero-order valence-electron chi connectivity index (χ0n) is 25.1. The van der Waals surface area contributed by atoms with Gasteiger partial charge in [0.15, 0.2) is 0 Å². The molecule has 0 aliphatic heterocycles. The summed E-state index contributed by atoms with van der Waals surface area (Å²) in [5.74, 6) is 0. The van der Waals surface area contributed by atoms with Crippen molar-refractivity contribution in [1.29, 1.82) is 0 Å². The third-order valence-electron chi connectivity index (χ3n) is 2.08. The topological polar surface area (TPSA) is 71.1 Å². The van der Waals surface area contributed by atoms with E-state index in [9.17, 15) is 18.4 Å². The van der Waals surface area contributed by atoms with Crippen LogP contribution < -0.4 is 0 Å². The molecule has 4 atom stereocenters. The summed E-state index contributed by atoms with van der Waals surface area (Å²) in [6.07, 6.45) is 4.33. The molecule has 0 amide bonds. The van der Waals surface area contributed by atoms with Crippen LogP contribution in [0.15, 0.2) is 46.6 Å². The Balaban J connectivity index is -0.0000000259. The summed E-state index contributed by atoms with van der Waals surface area (Å²) >= 11 is 0. The Hall–Kier alpha value is 3.10. The third kappa shape index (κ3) is 79.0. The van der Waals surface area contributed by atoms with Crippen LogP contribution in [-0.4, -0.2) is 39.5 Å². The van der Waals surface area contributed by atoms with E-state index in [4.69, 9.17) is 52.6 Å². The second-order valence-electron chi connectivity index (χ2n) is 4.11. The maximum Gasteiger partial charge on any atom is 0.0921 e. The fourth-order valence-electron chi connectivity index (χ4n) is 0.614. The molecule has 0 saturated carbocycles. The van der Waals surface area contributed by atoms with Crippen molar-refractivity contribution < 1.29 is 167 Å². The van der Waals surface area contributed by atoms with Gasteiger partial charge in [0.2, 0.25) is 0 Å². The largest absolute Gasteiger partial charge is 0.395 e. The molecule has 4 radical (unpaired) electrons. The molecule has 0 aliphatic carbocycles. The molecule has 0 heterocycles. The van der Waals surface area contributed by atoms with Crippen LogP contribution >= 0.6 is 37.9 Å². The SMILES string of the molecule is CC.CC.CF.CF.[CH-]=CC(=[CH-])C(OP)OP.[CH-]=CC(=[CH-])C(OP)OP.[CH-]=CC(=[CH-])C=O.[CH-]=CC(=[CH-])C=O.[Y].[Y].[Y].[Y]. The van der Waals surface area contributed by atoms with Crippen molar-refractivity contribution in [2.45, 2.75) is 40.3 Å². The van der Waals surface area contributed by atoms with Crippen LogP contribution in [0, 0.1) is 52.6 Å². The normalized spacial score (nSPS) is 6.62. The van der Waals surface area contributed by atoms with Gasteiger partial charge in [0.1, 0.15) is 0 Å². The fourth-order valence-corrected chi connectivity index (χ4v) is 1.76. The quantitative estimate of drug-likeness (QED) is 0.0534. The van der Waals surface area contributed by atoms with E-state index in [-0.39, 0.29) is 142 Å². The molecule has 4 unspecified atom stereocenters. The second kappa shape index (κ2) is 84.7. The number of alkyl halides is 2. The molecule has 0 aromatic rings. The van der Waals surface area contributed by atoms with Gasteiger partial charge in [-0.3, -0.25) is 8.78 Å². The van der Waals surface area contributed by atoms with Crippen molar-refractivity contribution in [2.75, 3.05) is 14.4 Å². The molecule has 0 fully saturated rings. The Morgan fingerprint density at radius 3 is 0.714 bits per heavy atom. The Morgan fingerprint density at radius 1 is 0.524 bits per heavy atom. The van der Waals surface area contributed by atoms with Crippen LogP contribution in [0.3, 0.4) is 0 Å². The van der Waals surface area contributed by atoms with E-state index in [1.807, 2.05) is 65.6 Å². The molecule has 236 valence electrons. The summed E-state index contributed by atoms with van der Waals surface area (Å²) in [5, 5.41) is 0. The van der Waals surface area contributed by atoms with E-state index in [1.54, 1.807) is 0 Å². The van der Waals surface area contributed by atoms with Gasteiger partial charge in [-0.25, -0.2) is 0 Å². The Labute approximate surface area is 366 Å². The summed E-state index contributed by atoms with van der Waals surface area (Å²) in [6, 6.07) is 0. The smallest absolute Gasteiger partial charge is 0.0921 e. The van der Waals surface area contributed by atoms with Crippen LogP contribution in [0.5, 0.6) is 0 Å². The minimum atomic E-state index is -0.593. The van der Waals surface area contributed by atoms with Gasteiger partial charge in [-0.2, -0.15) is 0 Å². The first kappa shape index (κ1) is 80.1. The molecular weight excluding hydrogens is 926 g/mol. The molecule has 0 saturated heterocycles. The van der Waals surface area contributed by atoms with E-state index in [1.165, 1.54) is 12.2 Å². The molecule has 0 N–H and O–H groups in total. The summed E-state index contributed by atoms with van der Waals surface area (Å²) in [4.78, 5) is 18.9. The Morgan fingerprint density at radius 2 is 0.690 bits per heavy atom. The maximum atomic E-state index is 9.50. The number of hydrogen-bond acceptors (Lipinski definition) is 6. The van der Waals surface area contributed by atoms with Gasteiger partial charge in [0, 0.05) is 169 Å². The number of allylic oxidation sites excluding steroid dienone is 4. The zero-order chi connectivity index (χ0) is 32.5. The number of carbonyl (C=O) groups excluding carboxylic acids is 2. The van der Waals surface area contributed by atoms with Gasteiger partial charge in [-0.15, -0.1) is 0 Å². The van der Waals surface area contributed by atoms with Crippen LogP contribution in [0.1, 0.15) is 27.7 Å². The first-order chi connectivity index (χ1) is 18.1. The first-order valence-corrected chi connectivity index (χ1v) is 11.8. The van der Waals surface area contributed by atoms with E-state index in [0.717, 1.165) is 12.2 Å². The van der Waals surface area contributed by atoms with Crippen molar-refractivity contribution in [1.82, 2.24) is 0 Å². The molecule has 16 heteroatoms. The van der Waals surface area contributed by atoms with Gasteiger partial charge in [-0.1, -0.05) is 27.7 Å². The predicted molar refractivity (Wildman–Crippen MR) is 166 cm³/mol. The van der Waals surface area contributed by atoms with E-state index in [2.05, 4.69) is 18.1 Å². The summed E-state index contributed by atoms with van der Waals surface area (Å²) in [7, 11) is 9.09. The molecule has 6 nitrogen and oxygen atoms in total. The fraction of sp³-hybridized carbons (Fsp3) is 0.308. The molecule has 0 aliphatic rings. The van der Waals surface area contributed by atoms with Crippen LogP contribution in [0.2, 0.25) is 0 Å². The molecule has 0 bridgehead atoms. The maximum absolute atomic E-state index is 9.50. The van der Waals surface area contributed by atoms with Gasteiger partial charge in [0.25, 0.3) is 0 Å². The van der Waals surface area contributed by atoms with Gasteiger partial charge in [-0.05, 0) is 12.6 Å². The number of hydrogen-bond donors (Lipinski definition) is 0. The van der Waals surface area contributed by atoms with E-state index in [0.29, 0.717) is 38.1 Å². The third-order valence-corrected chi connectivity index (χ3v) is 3.07. The minimum absolute atomic E-state index is 0. The van der Waals surface area contributed by atoms with E-state index < -0.39 is 12.6 Å². The van der Waals surface area contributed by atoms with Crippen molar-refractivity contribution in [3.05, 3.63) is 99.2 Å². The number of carbonyl (C=O) groups is 2. The summed E-state index contributed by atoms with van der Waals surface area (Å²) in [5.41, 5.74) is 0.796. The van der Waals surface area contributed by atoms with Crippen molar-refractivity contribution >= 4 is 50.4 Å². The standard InChI is InChI=1S/2C5H8O2P2.2C5H4O.2C2H6.2CH3F.4Y/c2*1-3-4(2)5(6-8)7-9;2*1-3-5(2)4-6;4*1-2;;;;/h2*1-3,5H,8-9H2;2*1-4H;2*1-2H3;2*1H3;;;;/q4*-2;;;;;;;;. The van der Waals surface area contributed by atoms with Crippen LogP contribution in [0.25, 0.3) is 0 Å². The van der Waals surface area contributed by atoms with Gasteiger partial charge < -0.3 is 127 Å². The average molecular weight is 968 g/mol. The summed E-state index contributed by atoms with van der Waals surface area (Å²) < 4.78 is 37.6. The molecule has 0 aromatic carbocycles. The molecule has 0 aromatic heterocycles. The monoisotopic (exact) mass is 968 g/mol. The molecule has 42 heavy (non-hydrogen) atoms. The average Bonchev–Trinajstić information content (AvgIpc) is 3.02. The van der Waals surface area contributed by atoms with Gasteiger partial charge >= 0.3 is 0 Å². The van der Waals surface area contributed by atoms with Crippen molar-refractivity contribution in [2.24, 2.45) is 0 Å². The Kier molecular flexibility index (Phi) is 161. The van der Waals surface area contributed by atoms with E-state index >= 15 is 0 Å². The van der Waals surface area contributed by atoms with Crippen LogP contribution in [-0.2, 0) is 159 Å². The number of aldehydes is 2.